The van der Waals surface area contributed by atoms with Crippen LogP contribution < -0.4 is 19.5 Å². The lowest BCUT2D eigenvalue weighted by atomic mass is 10.1. The molecule has 2 aromatic rings. The van der Waals surface area contributed by atoms with E-state index in [9.17, 15) is 9.59 Å². The molecule has 0 unspecified atom stereocenters. The van der Waals surface area contributed by atoms with Gasteiger partial charge in [-0.1, -0.05) is 11.6 Å². The van der Waals surface area contributed by atoms with Crippen molar-refractivity contribution in [3.05, 3.63) is 46.5 Å². The van der Waals surface area contributed by atoms with Crippen LogP contribution in [0.15, 0.2) is 30.3 Å². The molecule has 2 aromatic carbocycles. The highest BCUT2D eigenvalue weighted by Crippen LogP contribution is 2.40. The van der Waals surface area contributed by atoms with E-state index in [0.717, 1.165) is 12.8 Å². The van der Waals surface area contributed by atoms with Gasteiger partial charge in [0.15, 0.2) is 11.5 Å². The fourth-order valence-electron chi connectivity index (χ4n) is 3.50. The van der Waals surface area contributed by atoms with Crippen LogP contribution in [0.1, 0.15) is 33.6 Å². The number of amides is 2. The van der Waals surface area contributed by atoms with Crippen LogP contribution in [0.2, 0.25) is 5.02 Å². The van der Waals surface area contributed by atoms with Crippen LogP contribution >= 0.6 is 11.6 Å². The Bertz CT molecular complexity index is 939. The third kappa shape index (κ3) is 3.96. The third-order valence-electron chi connectivity index (χ3n) is 4.94. The zero-order chi connectivity index (χ0) is 20.4. The molecule has 1 saturated heterocycles. The average Bonchev–Trinajstić information content (AvgIpc) is 3.27. The van der Waals surface area contributed by atoms with Crippen molar-refractivity contribution in [2.24, 2.45) is 0 Å². The van der Waals surface area contributed by atoms with Crippen molar-refractivity contribution >= 4 is 29.1 Å². The average molecular weight is 417 g/mol. The third-order valence-corrected chi connectivity index (χ3v) is 5.18. The lowest BCUT2D eigenvalue weighted by Gasteiger charge is -2.21. The number of hydrogen-bond donors (Lipinski definition) is 1. The van der Waals surface area contributed by atoms with Crippen molar-refractivity contribution < 1.29 is 23.8 Å². The minimum atomic E-state index is -0.405. The molecule has 2 amide bonds. The Kier molecular flexibility index (Phi) is 5.49. The molecule has 0 aliphatic carbocycles. The summed E-state index contributed by atoms with van der Waals surface area (Å²) in [5.74, 6) is 0.808. The predicted octanol–water partition coefficient (Wildman–Crippen LogP) is 3.61. The fraction of sp³-hybridized carbons (Fsp3) is 0.333. The number of methoxy groups -OCH3 is 1. The topological polar surface area (TPSA) is 77.1 Å². The van der Waals surface area contributed by atoms with Gasteiger partial charge in [-0.05, 0) is 43.2 Å². The highest BCUT2D eigenvalue weighted by molar-refractivity contribution is 6.31. The van der Waals surface area contributed by atoms with Crippen LogP contribution in [0, 0.1) is 0 Å². The fourth-order valence-corrected chi connectivity index (χ4v) is 3.67. The number of fused-ring (bicyclic) bond motifs is 1. The first-order valence-electron chi connectivity index (χ1n) is 9.44. The molecule has 2 heterocycles. The maximum absolute atomic E-state index is 12.9. The highest BCUT2D eigenvalue weighted by Gasteiger charge is 2.24. The molecule has 0 bridgehead atoms. The van der Waals surface area contributed by atoms with E-state index in [0.29, 0.717) is 65.4 Å². The number of carbonyl (C=O) groups is 2. The number of ether oxygens (including phenoxy) is 3. The SMILES string of the molecule is COc1cc(C(=O)Nc2cc(Cl)ccc2C(=O)N2CCCC2)cc2c1OCCO2. The van der Waals surface area contributed by atoms with Gasteiger partial charge in [-0.15, -0.1) is 0 Å². The Morgan fingerprint density at radius 1 is 1.10 bits per heavy atom. The molecule has 0 aromatic heterocycles. The molecule has 0 spiro atoms. The van der Waals surface area contributed by atoms with Gasteiger partial charge in [0.1, 0.15) is 13.2 Å². The Hall–Kier alpha value is -2.93. The quantitative estimate of drug-likeness (QED) is 0.823. The number of carbonyl (C=O) groups excluding carboxylic acids is 2. The molecule has 1 N–H and O–H groups in total. The normalized spacial score (nSPS) is 15.2. The predicted molar refractivity (Wildman–Crippen MR) is 109 cm³/mol. The van der Waals surface area contributed by atoms with E-state index in [2.05, 4.69) is 5.32 Å². The minimum absolute atomic E-state index is 0.116. The number of nitrogens with zero attached hydrogens (tertiary/aromatic N) is 1. The summed E-state index contributed by atoms with van der Waals surface area (Å²) in [6.07, 6.45) is 1.97. The number of halogens is 1. The van der Waals surface area contributed by atoms with E-state index in [1.54, 1.807) is 35.2 Å². The second-order valence-corrected chi connectivity index (χ2v) is 7.28. The standard InChI is InChI=1S/C21H21ClN2O5/c1-27-17-10-13(11-18-19(17)29-9-8-28-18)20(25)23-16-12-14(22)4-5-15(16)21(26)24-6-2-3-7-24/h4-5,10-12H,2-3,6-9H2,1H3,(H,23,25). The number of nitrogens with one attached hydrogen (secondary N) is 1. The van der Waals surface area contributed by atoms with Crippen molar-refractivity contribution in [3.63, 3.8) is 0 Å². The van der Waals surface area contributed by atoms with E-state index in [4.69, 9.17) is 25.8 Å². The summed E-state index contributed by atoms with van der Waals surface area (Å²) in [5, 5.41) is 3.24. The second-order valence-electron chi connectivity index (χ2n) is 6.85. The first-order valence-corrected chi connectivity index (χ1v) is 9.82. The molecule has 0 atom stereocenters. The van der Waals surface area contributed by atoms with Crippen LogP contribution in [0.3, 0.4) is 0 Å². The Balaban J connectivity index is 1.63. The molecule has 0 saturated carbocycles. The van der Waals surface area contributed by atoms with Gasteiger partial charge in [-0.25, -0.2) is 0 Å². The van der Waals surface area contributed by atoms with Gasteiger partial charge in [0.25, 0.3) is 11.8 Å². The summed E-state index contributed by atoms with van der Waals surface area (Å²) in [4.78, 5) is 27.6. The van der Waals surface area contributed by atoms with Crippen molar-refractivity contribution in [2.45, 2.75) is 12.8 Å². The summed E-state index contributed by atoms with van der Waals surface area (Å²) in [6, 6.07) is 8.04. The maximum atomic E-state index is 12.9. The summed E-state index contributed by atoms with van der Waals surface area (Å²) < 4.78 is 16.5. The first kappa shape index (κ1) is 19.4. The lowest BCUT2D eigenvalue weighted by molar-refractivity contribution is 0.0794. The molecular weight excluding hydrogens is 396 g/mol. The van der Waals surface area contributed by atoms with Crippen LogP contribution in [-0.4, -0.2) is 50.1 Å². The molecule has 1 fully saturated rings. The van der Waals surface area contributed by atoms with E-state index in [-0.39, 0.29) is 5.91 Å². The summed E-state index contributed by atoms with van der Waals surface area (Å²) in [6.45, 7) is 2.24. The highest BCUT2D eigenvalue weighted by atomic mass is 35.5. The van der Waals surface area contributed by atoms with Gasteiger partial charge in [0, 0.05) is 23.7 Å². The lowest BCUT2D eigenvalue weighted by Crippen LogP contribution is -2.29. The van der Waals surface area contributed by atoms with Crippen LogP contribution in [0.25, 0.3) is 0 Å². The molecule has 4 rings (SSSR count). The van der Waals surface area contributed by atoms with Gasteiger partial charge in [-0.3, -0.25) is 9.59 Å². The van der Waals surface area contributed by atoms with E-state index in [1.807, 2.05) is 0 Å². The van der Waals surface area contributed by atoms with Crippen molar-refractivity contribution in [2.75, 3.05) is 38.7 Å². The van der Waals surface area contributed by atoms with Gasteiger partial charge >= 0.3 is 0 Å². The van der Waals surface area contributed by atoms with Crippen molar-refractivity contribution in [1.82, 2.24) is 4.90 Å². The largest absolute Gasteiger partial charge is 0.493 e. The smallest absolute Gasteiger partial charge is 0.255 e. The monoisotopic (exact) mass is 416 g/mol. The van der Waals surface area contributed by atoms with E-state index >= 15 is 0 Å². The molecule has 29 heavy (non-hydrogen) atoms. The van der Waals surface area contributed by atoms with Gasteiger partial charge in [0.05, 0.1) is 18.4 Å². The molecule has 2 aliphatic heterocycles. The van der Waals surface area contributed by atoms with Gasteiger partial charge in [-0.2, -0.15) is 0 Å². The molecular formula is C21H21ClN2O5. The summed E-state index contributed by atoms with van der Waals surface area (Å²) in [5.41, 5.74) is 1.10. The molecule has 152 valence electrons. The number of anilines is 1. The van der Waals surface area contributed by atoms with Crippen molar-refractivity contribution in [3.8, 4) is 17.2 Å². The number of rotatable bonds is 4. The van der Waals surface area contributed by atoms with Crippen LogP contribution in [-0.2, 0) is 0 Å². The zero-order valence-corrected chi connectivity index (χ0v) is 16.8. The van der Waals surface area contributed by atoms with Gasteiger partial charge in [0.2, 0.25) is 5.75 Å². The zero-order valence-electron chi connectivity index (χ0n) is 16.0. The summed E-state index contributed by atoms with van der Waals surface area (Å²) >= 11 is 6.12. The molecule has 2 aliphatic rings. The maximum Gasteiger partial charge on any atom is 0.255 e. The first-order chi connectivity index (χ1) is 14.1. The minimum Gasteiger partial charge on any atom is -0.493 e. The summed E-state index contributed by atoms with van der Waals surface area (Å²) in [7, 11) is 1.50. The van der Waals surface area contributed by atoms with E-state index < -0.39 is 5.91 Å². The van der Waals surface area contributed by atoms with Crippen LogP contribution in [0.4, 0.5) is 5.69 Å². The Morgan fingerprint density at radius 3 is 2.62 bits per heavy atom. The number of hydrogen-bond acceptors (Lipinski definition) is 5. The number of likely N-dealkylation sites (tertiary alicyclic amines) is 1. The van der Waals surface area contributed by atoms with Crippen molar-refractivity contribution in [1.29, 1.82) is 0 Å². The molecule has 8 heteroatoms. The number of benzene rings is 2. The van der Waals surface area contributed by atoms with E-state index in [1.165, 1.54) is 7.11 Å². The molecule has 0 radical (unpaired) electrons. The molecule has 7 nitrogen and oxygen atoms in total. The Labute approximate surface area is 173 Å². The van der Waals surface area contributed by atoms with Gasteiger partial charge < -0.3 is 24.4 Å². The Morgan fingerprint density at radius 2 is 1.86 bits per heavy atom. The second kappa shape index (κ2) is 8.21. The van der Waals surface area contributed by atoms with Crippen LogP contribution in [0.5, 0.6) is 17.2 Å².